The Kier molecular flexibility index (Phi) is 8.63. The van der Waals surface area contributed by atoms with E-state index < -0.39 is 16.1 Å². The van der Waals surface area contributed by atoms with Gasteiger partial charge in [-0.2, -0.15) is 4.31 Å². The minimum Gasteiger partial charge on any atom is -0.455 e. The Labute approximate surface area is 189 Å². The van der Waals surface area contributed by atoms with Crippen LogP contribution in [0.25, 0.3) is 0 Å². The number of hydrogen-bond donors (Lipinski definition) is 1. The van der Waals surface area contributed by atoms with Crippen molar-refractivity contribution < 1.29 is 27.4 Å². The van der Waals surface area contributed by atoms with Gasteiger partial charge >= 0.3 is 0 Å². The van der Waals surface area contributed by atoms with E-state index in [2.05, 4.69) is 5.32 Å². The van der Waals surface area contributed by atoms with E-state index in [0.29, 0.717) is 31.3 Å². The molecule has 2 aromatic carbocycles. The van der Waals surface area contributed by atoms with Gasteiger partial charge in [-0.3, -0.25) is 4.79 Å². The predicted octanol–water partition coefficient (Wildman–Crippen LogP) is 3.64. The number of sulfonamides is 1. The van der Waals surface area contributed by atoms with Gasteiger partial charge in [-0.05, 0) is 43.7 Å². The zero-order chi connectivity index (χ0) is 23.0. The molecular formula is C23H30N2O6S. The van der Waals surface area contributed by atoms with Gasteiger partial charge in [-0.15, -0.1) is 0 Å². The van der Waals surface area contributed by atoms with E-state index in [-0.39, 0.29) is 29.6 Å². The largest absolute Gasteiger partial charge is 0.455 e. The topological polar surface area (TPSA) is 94.2 Å². The van der Waals surface area contributed by atoms with Gasteiger partial charge in [0.25, 0.3) is 5.91 Å². The second kappa shape index (κ2) is 11.4. The molecule has 3 rings (SSSR count). The average Bonchev–Trinajstić information content (AvgIpc) is 2.81. The number of hydrogen-bond acceptors (Lipinski definition) is 6. The first kappa shape index (κ1) is 24.2. The maximum absolute atomic E-state index is 13.1. The van der Waals surface area contributed by atoms with Gasteiger partial charge in [0.2, 0.25) is 10.0 Å². The van der Waals surface area contributed by atoms with E-state index >= 15 is 0 Å². The number of unbranched alkanes of at least 4 members (excludes halogenated alkanes) is 1. The summed E-state index contributed by atoms with van der Waals surface area (Å²) in [4.78, 5) is 12.8. The van der Waals surface area contributed by atoms with Crippen LogP contribution < -0.4 is 10.1 Å². The standard InChI is InChI=1S/C23H30N2O6S/c1-3-4-14-30-18(2)23(26)24-21-17-20(32(27,28)25-12-15-29-16-13-25)10-11-22(21)31-19-8-6-5-7-9-19/h5-11,17-18H,3-4,12-16H2,1-2H3,(H,24,26). The first-order valence-corrected chi connectivity index (χ1v) is 12.2. The van der Waals surface area contributed by atoms with E-state index in [1.54, 1.807) is 25.1 Å². The van der Waals surface area contributed by atoms with Crippen molar-refractivity contribution in [2.75, 3.05) is 38.2 Å². The third-order valence-corrected chi connectivity index (χ3v) is 6.92. The van der Waals surface area contributed by atoms with E-state index in [1.165, 1.54) is 16.4 Å². The lowest BCUT2D eigenvalue weighted by atomic mass is 10.2. The molecule has 0 aromatic heterocycles. The summed E-state index contributed by atoms with van der Waals surface area (Å²) in [5.41, 5.74) is 0.263. The van der Waals surface area contributed by atoms with Crippen LogP contribution in [0.4, 0.5) is 5.69 Å². The molecular weight excluding hydrogens is 432 g/mol. The SMILES string of the molecule is CCCCOC(C)C(=O)Nc1cc(S(=O)(=O)N2CCOCC2)ccc1Oc1ccccc1. The lowest BCUT2D eigenvalue weighted by molar-refractivity contribution is -0.126. The zero-order valence-electron chi connectivity index (χ0n) is 18.5. The lowest BCUT2D eigenvalue weighted by Gasteiger charge is -2.26. The minimum absolute atomic E-state index is 0.0784. The summed E-state index contributed by atoms with van der Waals surface area (Å²) in [6, 6.07) is 13.5. The van der Waals surface area contributed by atoms with Crippen LogP contribution in [-0.4, -0.2) is 57.6 Å². The van der Waals surface area contributed by atoms with Gasteiger partial charge in [0, 0.05) is 19.7 Å². The molecule has 1 atom stereocenters. The first-order chi connectivity index (χ1) is 15.4. The van der Waals surface area contributed by atoms with Gasteiger partial charge in [0.05, 0.1) is 23.8 Å². The molecule has 2 aromatic rings. The van der Waals surface area contributed by atoms with E-state index in [0.717, 1.165) is 12.8 Å². The van der Waals surface area contributed by atoms with Crippen LogP contribution in [0.2, 0.25) is 0 Å². The highest BCUT2D eigenvalue weighted by Crippen LogP contribution is 2.33. The van der Waals surface area contributed by atoms with E-state index in [9.17, 15) is 13.2 Å². The normalized spacial score (nSPS) is 15.8. The Hall–Kier alpha value is -2.46. The van der Waals surface area contributed by atoms with E-state index in [4.69, 9.17) is 14.2 Å². The molecule has 0 saturated carbocycles. The van der Waals surface area contributed by atoms with Crippen LogP contribution in [0.1, 0.15) is 26.7 Å². The molecule has 0 radical (unpaired) electrons. The van der Waals surface area contributed by atoms with Gasteiger partial charge < -0.3 is 19.5 Å². The fourth-order valence-electron chi connectivity index (χ4n) is 3.12. The van der Waals surface area contributed by atoms with Crippen LogP contribution in [0.3, 0.4) is 0 Å². The molecule has 0 aliphatic carbocycles. The maximum Gasteiger partial charge on any atom is 0.253 e. The molecule has 1 N–H and O–H groups in total. The summed E-state index contributed by atoms with van der Waals surface area (Å²) in [5, 5.41) is 2.78. The van der Waals surface area contributed by atoms with E-state index in [1.807, 2.05) is 25.1 Å². The Morgan fingerprint density at radius 1 is 1.16 bits per heavy atom. The second-order valence-corrected chi connectivity index (χ2v) is 9.38. The number of ether oxygens (including phenoxy) is 3. The summed E-state index contributed by atoms with van der Waals surface area (Å²) < 4.78 is 44.3. The Balaban J connectivity index is 1.87. The highest BCUT2D eigenvalue weighted by atomic mass is 32.2. The molecule has 8 nitrogen and oxygen atoms in total. The fourth-order valence-corrected chi connectivity index (χ4v) is 4.56. The van der Waals surface area contributed by atoms with Gasteiger partial charge in [0.15, 0.2) is 5.75 Å². The molecule has 1 fully saturated rings. The average molecular weight is 463 g/mol. The van der Waals surface area contributed by atoms with Crippen LogP contribution in [-0.2, 0) is 24.3 Å². The van der Waals surface area contributed by atoms with Crippen molar-refractivity contribution in [1.29, 1.82) is 0 Å². The minimum atomic E-state index is -3.73. The number of para-hydroxylation sites is 1. The summed E-state index contributed by atoms with van der Waals surface area (Å²) in [7, 11) is -3.73. The number of carbonyl (C=O) groups is 1. The highest BCUT2D eigenvalue weighted by molar-refractivity contribution is 7.89. The van der Waals surface area contributed by atoms with Crippen molar-refractivity contribution in [3.8, 4) is 11.5 Å². The number of carbonyl (C=O) groups excluding carboxylic acids is 1. The predicted molar refractivity (Wildman–Crippen MR) is 121 cm³/mol. The fraction of sp³-hybridized carbons (Fsp3) is 0.435. The third-order valence-electron chi connectivity index (χ3n) is 5.02. The van der Waals surface area contributed by atoms with Crippen molar-refractivity contribution in [2.45, 2.75) is 37.7 Å². The molecule has 1 aliphatic rings. The zero-order valence-corrected chi connectivity index (χ0v) is 19.3. The van der Waals surface area contributed by atoms with Crippen molar-refractivity contribution >= 4 is 21.6 Å². The van der Waals surface area contributed by atoms with Crippen molar-refractivity contribution in [1.82, 2.24) is 4.31 Å². The Bertz CT molecular complexity index is 991. The Morgan fingerprint density at radius 2 is 1.88 bits per heavy atom. The molecule has 1 aliphatic heterocycles. The maximum atomic E-state index is 13.1. The number of amides is 1. The highest BCUT2D eigenvalue weighted by Gasteiger charge is 2.28. The summed E-state index contributed by atoms with van der Waals surface area (Å²) >= 11 is 0. The number of nitrogens with zero attached hydrogens (tertiary/aromatic N) is 1. The Morgan fingerprint density at radius 3 is 2.56 bits per heavy atom. The molecule has 1 saturated heterocycles. The van der Waals surface area contributed by atoms with Crippen molar-refractivity contribution in [2.24, 2.45) is 0 Å². The number of morpholine rings is 1. The van der Waals surface area contributed by atoms with Crippen molar-refractivity contribution in [3.63, 3.8) is 0 Å². The van der Waals surface area contributed by atoms with Crippen LogP contribution in [0, 0.1) is 0 Å². The lowest BCUT2D eigenvalue weighted by Crippen LogP contribution is -2.40. The third kappa shape index (κ3) is 6.29. The molecule has 32 heavy (non-hydrogen) atoms. The number of rotatable bonds is 10. The quantitative estimate of drug-likeness (QED) is 0.542. The number of nitrogens with one attached hydrogen (secondary N) is 1. The van der Waals surface area contributed by atoms with Crippen LogP contribution in [0.15, 0.2) is 53.4 Å². The molecule has 1 heterocycles. The second-order valence-electron chi connectivity index (χ2n) is 7.45. The van der Waals surface area contributed by atoms with Gasteiger partial charge in [0.1, 0.15) is 11.9 Å². The smallest absolute Gasteiger partial charge is 0.253 e. The van der Waals surface area contributed by atoms with Gasteiger partial charge in [-0.1, -0.05) is 31.5 Å². The van der Waals surface area contributed by atoms with Crippen LogP contribution in [0.5, 0.6) is 11.5 Å². The molecule has 9 heteroatoms. The summed E-state index contributed by atoms with van der Waals surface area (Å²) in [6.45, 7) is 5.46. The molecule has 1 amide bonds. The molecule has 1 unspecified atom stereocenters. The summed E-state index contributed by atoms with van der Waals surface area (Å²) in [6.07, 6.45) is 1.13. The molecule has 0 bridgehead atoms. The number of benzene rings is 2. The summed E-state index contributed by atoms with van der Waals surface area (Å²) in [5.74, 6) is 0.533. The molecule has 174 valence electrons. The van der Waals surface area contributed by atoms with Crippen LogP contribution >= 0.6 is 0 Å². The van der Waals surface area contributed by atoms with Gasteiger partial charge in [-0.25, -0.2) is 8.42 Å². The van der Waals surface area contributed by atoms with Crippen molar-refractivity contribution in [3.05, 3.63) is 48.5 Å². The first-order valence-electron chi connectivity index (χ1n) is 10.8. The number of anilines is 1. The monoisotopic (exact) mass is 462 g/mol. The molecule has 0 spiro atoms.